The SMILES string of the molecule is NC(=S)CCCCOc1ccc(Cl)cc1. The van der Waals surface area contributed by atoms with Crippen molar-refractivity contribution in [1.82, 2.24) is 0 Å². The van der Waals surface area contributed by atoms with Crippen LogP contribution in [0.25, 0.3) is 0 Å². The normalized spacial score (nSPS) is 9.93. The lowest BCUT2D eigenvalue weighted by Gasteiger charge is -2.05. The largest absolute Gasteiger partial charge is 0.494 e. The zero-order chi connectivity index (χ0) is 11.1. The van der Waals surface area contributed by atoms with Crippen LogP contribution in [-0.2, 0) is 0 Å². The van der Waals surface area contributed by atoms with Crippen molar-refractivity contribution < 1.29 is 4.74 Å². The highest BCUT2D eigenvalue weighted by Crippen LogP contribution is 2.15. The molecule has 0 heterocycles. The first-order chi connectivity index (χ1) is 7.18. The lowest BCUT2D eigenvalue weighted by Crippen LogP contribution is -2.07. The minimum absolute atomic E-state index is 0.571. The second-order valence-electron chi connectivity index (χ2n) is 3.23. The smallest absolute Gasteiger partial charge is 0.119 e. The molecule has 4 heteroatoms. The fourth-order valence-electron chi connectivity index (χ4n) is 1.12. The van der Waals surface area contributed by atoms with Crippen LogP contribution in [0.15, 0.2) is 24.3 Å². The van der Waals surface area contributed by atoms with Crippen LogP contribution in [0.1, 0.15) is 19.3 Å². The fraction of sp³-hybridized carbons (Fsp3) is 0.364. The van der Waals surface area contributed by atoms with Gasteiger partial charge >= 0.3 is 0 Å². The number of hydrogen-bond donors (Lipinski definition) is 1. The molecule has 2 N–H and O–H groups in total. The Morgan fingerprint density at radius 3 is 2.53 bits per heavy atom. The molecule has 1 aromatic carbocycles. The van der Waals surface area contributed by atoms with E-state index in [1.54, 1.807) is 0 Å². The fourth-order valence-corrected chi connectivity index (χ4v) is 1.39. The first kappa shape index (κ1) is 12.3. The van der Waals surface area contributed by atoms with Crippen molar-refractivity contribution >= 4 is 28.8 Å². The van der Waals surface area contributed by atoms with Gasteiger partial charge in [0.2, 0.25) is 0 Å². The predicted octanol–water partition coefficient (Wildman–Crippen LogP) is 3.18. The molecule has 0 amide bonds. The summed E-state index contributed by atoms with van der Waals surface area (Å²) in [5.41, 5.74) is 5.38. The lowest BCUT2D eigenvalue weighted by molar-refractivity contribution is 0.308. The van der Waals surface area contributed by atoms with E-state index in [0.29, 0.717) is 11.6 Å². The van der Waals surface area contributed by atoms with E-state index < -0.39 is 0 Å². The Labute approximate surface area is 100 Å². The molecule has 0 unspecified atom stereocenters. The molecule has 0 radical (unpaired) electrons. The highest BCUT2D eigenvalue weighted by Gasteiger charge is 1.95. The van der Waals surface area contributed by atoms with Gasteiger partial charge in [0.1, 0.15) is 5.75 Å². The Morgan fingerprint density at radius 1 is 1.27 bits per heavy atom. The molecular formula is C11H14ClNOS. The molecule has 0 aromatic heterocycles. The summed E-state index contributed by atoms with van der Waals surface area (Å²) in [5.74, 6) is 0.842. The van der Waals surface area contributed by atoms with E-state index in [4.69, 9.17) is 34.3 Å². The van der Waals surface area contributed by atoms with Crippen LogP contribution in [-0.4, -0.2) is 11.6 Å². The number of halogens is 1. The van der Waals surface area contributed by atoms with Crippen LogP contribution in [0.4, 0.5) is 0 Å². The van der Waals surface area contributed by atoms with Gasteiger partial charge in [-0.25, -0.2) is 0 Å². The standard InChI is InChI=1S/C11H14ClNOS/c12-9-4-6-10(7-5-9)14-8-2-1-3-11(13)15/h4-7H,1-3,8H2,(H2,13,15). The molecule has 15 heavy (non-hydrogen) atoms. The predicted molar refractivity (Wildman–Crippen MR) is 67.6 cm³/mol. The third-order valence-corrected chi connectivity index (χ3v) is 2.36. The van der Waals surface area contributed by atoms with Gasteiger partial charge in [-0.2, -0.15) is 0 Å². The Kier molecular flexibility index (Phi) is 5.43. The zero-order valence-corrected chi connectivity index (χ0v) is 9.98. The summed E-state index contributed by atoms with van der Waals surface area (Å²) in [7, 11) is 0. The number of thiocarbonyl (C=S) groups is 1. The summed E-state index contributed by atoms with van der Waals surface area (Å²) in [6, 6.07) is 7.34. The van der Waals surface area contributed by atoms with Crippen LogP contribution in [0.5, 0.6) is 5.75 Å². The van der Waals surface area contributed by atoms with Gasteiger partial charge in [-0.15, -0.1) is 0 Å². The highest BCUT2D eigenvalue weighted by molar-refractivity contribution is 7.80. The number of benzene rings is 1. The van der Waals surface area contributed by atoms with Crippen LogP contribution < -0.4 is 10.5 Å². The maximum Gasteiger partial charge on any atom is 0.119 e. The maximum absolute atomic E-state index is 5.75. The third kappa shape index (κ3) is 5.60. The van der Waals surface area contributed by atoms with Gasteiger partial charge in [-0.1, -0.05) is 23.8 Å². The number of unbranched alkanes of at least 4 members (excludes halogenated alkanes) is 1. The molecule has 0 fully saturated rings. The summed E-state index contributed by atoms with van der Waals surface area (Å²) in [4.78, 5) is 0.571. The molecule has 0 atom stereocenters. The zero-order valence-electron chi connectivity index (χ0n) is 8.41. The van der Waals surface area contributed by atoms with Gasteiger partial charge in [0.05, 0.1) is 11.6 Å². The minimum Gasteiger partial charge on any atom is -0.494 e. The average Bonchev–Trinajstić information content (AvgIpc) is 2.20. The number of rotatable bonds is 6. The van der Waals surface area contributed by atoms with Crippen LogP contribution >= 0.6 is 23.8 Å². The van der Waals surface area contributed by atoms with Gasteiger partial charge in [0.25, 0.3) is 0 Å². The van der Waals surface area contributed by atoms with E-state index >= 15 is 0 Å². The Balaban J connectivity index is 2.15. The molecule has 0 aliphatic rings. The average molecular weight is 244 g/mol. The van der Waals surface area contributed by atoms with Gasteiger partial charge in [0, 0.05) is 5.02 Å². The second-order valence-corrected chi connectivity index (χ2v) is 4.19. The second kappa shape index (κ2) is 6.64. The molecule has 0 spiro atoms. The highest BCUT2D eigenvalue weighted by atomic mass is 35.5. The molecular weight excluding hydrogens is 230 g/mol. The molecule has 2 nitrogen and oxygen atoms in total. The van der Waals surface area contributed by atoms with E-state index in [1.807, 2.05) is 24.3 Å². The number of nitrogens with two attached hydrogens (primary N) is 1. The van der Waals surface area contributed by atoms with Crippen LogP contribution in [0.3, 0.4) is 0 Å². The molecule has 0 saturated heterocycles. The summed E-state index contributed by atoms with van der Waals surface area (Å²) >= 11 is 10.5. The number of hydrogen-bond acceptors (Lipinski definition) is 2. The van der Waals surface area contributed by atoms with Crippen molar-refractivity contribution in [2.45, 2.75) is 19.3 Å². The topological polar surface area (TPSA) is 35.2 Å². The summed E-state index contributed by atoms with van der Waals surface area (Å²) in [6.07, 6.45) is 2.72. The van der Waals surface area contributed by atoms with Gasteiger partial charge in [0.15, 0.2) is 0 Å². The summed E-state index contributed by atoms with van der Waals surface area (Å²) in [5, 5.41) is 0.718. The minimum atomic E-state index is 0.571. The van der Waals surface area contributed by atoms with Gasteiger partial charge in [-0.3, -0.25) is 0 Å². The van der Waals surface area contributed by atoms with Crippen molar-refractivity contribution in [3.8, 4) is 5.75 Å². The van der Waals surface area contributed by atoms with Crippen molar-refractivity contribution in [3.05, 3.63) is 29.3 Å². The van der Waals surface area contributed by atoms with Crippen molar-refractivity contribution in [3.63, 3.8) is 0 Å². The third-order valence-electron chi connectivity index (χ3n) is 1.90. The summed E-state index contributed by atoms with van der Waals surface area (Å²) in [6.45, 7) is 0.685. The number of ether oxygens (including phenoxy) is 1. The first-order valence-electron chi connectivity index (χ1n) is 4.85. The van der Waals surface area contributed by atoms with E-state index in [0.717, 1.165) is 30.0 Å². The van der Waals surface area contributed by atoms with Crippen molar-refractivity contribution in [2.75, 3.05) is 6.61 Å². The molecule has 82 valence electrons. The van der Waals surface area contributed by atoms with E-state index in [9.17, 15) is 0 Å². The molecule has 1 aromatic rings. The van der Waals surface area contributed by atoms with Crippen molar-refractivity contribution in [2.24, 2.45) is 5.73 Å². The molecule has 0 aliphatic carbocycles. The Hall–Kier alpha value is -0.800. The van der Waals surface area contributed by atoms with Crippen LogP contribution in [0.2, 0.25) is 5.02 Å². The lowest BCUT2D eigenvalue weighted by atomic mass is 10.2. The summed E-state index contributed by atoms with van der Waals surface area (Å²) < 4.78 is 5.50. The molecule has 0 aliphatic heterocycles. The quantitative estimate of drug-likeness (QED) is 0.616. The van der Waals surface area contributed by atoms with E-state index in [-0.39, 0.29) is 0 Å². The van der Waals surface area contributed by atoms with Crippen molar-refractivity contribution in [1.29, 1.82) is 0 Å². The Bertz CT molecular complexity index is 313. The van der Waals surface area contributed by atoms with E-state index in [2.05, 4.69) is 0 Å². The van der Waals surface area contributed by atoms with E-state index in [1.165, 1.54) is 0 Å². The van der Waals surface area contributed by atoms with Gasteiger partial charge in [-0.05, 0) is 43.5 Å². The molecule has 1 rings (SSSR count). The monoisotopic (exact) mass is 243 g/mol. The first-order valence-corrected chi connectivity index (χ1v) is 5.64. The van der Waals surface area contributed by atoms with Crippen LogP contribution in [0, 0.1) is 0 Å². The van der Waals surface area contributed by atoms with Gasteiger partial charge < -0.3 is 10.5 Å². The maximum atomic E-state index is 5.75. The molecule has 0 bridgehead atoms. The molecule has 0 saturated carbocycles. The Morgan fingerprint density at radius 2 is 1.93 bits per heavy atom.